The van der Waals surface area contributed by atoms with Gasteiger partial charge >= 0.3 is 0 Å². The number of rotatable bonds is 5. The van der Waals surface area contributed by atoms with Gasteiger partial charge < -0.3 is 9.84 Å². The number of nitrogens with one attached hydrogen (secondary N) is 1. The molecule has 23 heavy (non-hydrogen) atoms. The number of nitrogens with zero attached hydrogens (tertiary/aromatic N) is 2. The Morgan fingerprint density at radius 1 is 1.39 bits per heavy atom. The highest BCUT2D eigenvalue weighted by Gasteiger charge is 2.05. The molecule has 0 heterocycles. The van der Waals surface area contributed by atoms with E-state index in [4.69, 9.17) is 10.00 Å². The van der Waals surface area contributed by atoms with Gasteiger partial charge in [-0.05, 0) is 31.2 Å². The monoisotopic (exact) mass is 309 g/mol. The van der Waals surface area contributed by atoms with E-state index in [-0.39, 0.29) is 12.4 Å². The lowest BCUT2D eigenvalue weighted by Crippen LogP contribution is -2.24. The van der Waals surface area contributed by atoms with Crippen molar-refractivity contribution < 1.29 is 14.6 Å². The fourth-order valence-electron chi connectivity index (χ4n) is 1.81. The van der Waals surface area contributed by atoms with Crippen LogP contribution in [0, 0.1) is 18.3 Å². The van der Waals surface area contributed by atoms with Crippen LogP contribution in [0.25, 0.3) is 0 Å². The molecule has 6 heteroatoms. The lowest BCUT2D eigenvalue weighted by atomic mass is 10.1. The second-order valence-corrected chi connectivity index (χ2v) is 4.75. The van der Waals surface area contributed by atoms with Crippen molar-refractivity contribution in [3.8, 4) is 17.6 Å². The lowest BCUT2D eigenvalue weighted by Gasteiger charge is -2.06. The molecule has 0 saturated heterocycles. The maximum atomic E-state index is 11.7. The number of carbonyl (C=O) groups is 1. The molecular formula is C17H15N3O3. The number of ether oxygens (including phenoxy) is 1. The molecule has 2 N–H and O–H groups in total. The number of aromatic hydroxyl groups is 1. The van der Waals surface area contributed by atoms with Crippen LogP contribution in [0.4, 0.5) is 0 Å². The highest BCUT2D eigenvalue weighted by atomic mass is 16.5. The minimum Gasteiger partial charge on any atom is -0.507 e. The Hall–Kier alpha value is -3.33. The van der Waals surface area contributed by atoms with Gasteiger partial charge in [-0.25, -0.2) is 5.43 Å². The molecule has 0 aromatic heterocycles. The SMILES string of the molecule is Cc1ccc(O)c(/C=N/NC(=O)COc2ccccc2C#N)c1. The van der Waals surface area contributed by atoms with Crippen molar-refractivity contribution in [3.63, 3.8) is 0 Å². The first-order chi connectivity index (χ1) is 11.1. The van der Waals surface area contributed by atoms with Crippen LogP contribution in [-0.2, 0) is 4.79 Å². The quantitative estimate of drug-likeness (QED) is 0.653. The zero-order valence-electron chi connectivity index (χ0n) is 12.5. The molecular weight excluding hydrogens is 294 g/mol. The van der Waals surface area contributed by atoms with Crippen molar-refractivity contribution in [2.45, 2.75) is 6.92 Å². The molecule has 2 aromatic rings. The predicted octanol–water partition coefficient (Wildman–Crippen LogP) is 2.10. The molecule has 0 fully saturated rings. The number of para-hydroxylation sites is 1. The molecule has 0 spiro atoms. The van der Waals surface area contributed by atoms with Crippen LogP contribution in [0.1, 0.15) is 16.7 Å². The summed E-state index contributed by atoms with van der Waals surface area (Å²) in [5, 5.41) is 22.3. The average molecular weight is 309 g/mol. The summed E-state index contributed by atoms with van der Waals surface area (Å²) in [6.07, 6.45) is 1.35. The maximum absolute atomic E-state index is 11.7. The number of phenolic OH excluding ortho intramolecular Hbond substituents is 1. The number of carbonyl (C=O) groups excluding carboxylic acids is 1. The molecule has 2 aromatic carbocycles. The van der Waals surface area contributed by atoms with Crippen LogP contribution < -0.4 is 10.2 Å². The molecule has 0 aliphatic carbocycles. The molecule has 0 aliphatic heterocycles. The van der Waals surface area contributed by atoms with Crippen molar-refractivity contribution in [1.29, 1.82) is 5.26 Å². The summed E-state index contributed by atoms with van der Waals surface area (Å²) in [5.41, 5.74) is 4.12. The zero-order chi connectivity index (χ0) is 16.7. The van der Waals surface area contributed by atoms with Gasteiger partial charge in [0.15, 0.2) is 6.61 Å². The summed E-state index contributed by atoms with van der Waals surface area (Å²) in [7, 11) is 0. The predicted molar refractivity (Wildman–Crippen MR) is 85.2 cm³/mol. The van der Waals surface area contributed by atoms with Crippen molar-refractivity contribution in [3.05, 3.63) is 59.2 Å². The lowest BCUT2D eigenvalue weighted by molar-refractivity contribution is -0.123. The van der Waals surface area contributed by atoms with Crippen LogP contribution in [0.5, 0.6) is 11.5 Å². The Morgan fingerprint density at radius 3 is 2.96 bits per heavy atom. The normalized spacial score (nSPS) is 10.3. The number of hydrogen-bond donors (Lipinski definition) is 2. The minimum absolute atomic E-state index is 0.0767. The van der Waals surface area contributed by atoms with E-state index in [0.717, 1.165) is 5.56 Å². The second kappa shape index (κ2) is 7.61. The molecule has 0 atom stereocenters. The van der Waals surface area contributed by atoms with E-state index in [1.165, 1.54) is 6.21 Å². The van der Waals surface area contributed by atoms with Gasteiger partial charge in [-0.1, -0.05) is 23.8 Å². The van der Waals surface area contributed by atoms with Gasteiger partial charge in [-0.2, -0.15) is 10.4 Å². The Bertz CT molecular complexity index is 779. The van der Waals surface area contributed by atoms with Crippen molar-refractivity contribution >= 4 is 12.1 Å². The molecule has 116 valence electrons. The number of hydrogen-bond acceptors (Lipinski definition) is 5. The van der Waals surface area contributed by atoms with Gasteiger partial charge in [0.25, 0.3) is 5.91 Å². The number of nitriles is 1. The van der Waals surface area contributed by atoms with E-state index >= 15 is 0 Å². The number of hydrazone groups is 1. The Kier molecular flexibility index (Phi) is 5.31. The third-order valence-corrected chi connectivity index (χ3v) is 2.94. The molecule has 0 unspecified atom stereocenters. The van der Waals surface area contributed by atoms with Crippen molar-refractivity contribution in [1.82, 2.24) is 5.43 Å². The van der Waals surface area contributed by atoms with Gasteiger partial charge in [-0.3, -0.25) is 4.79 Å². The molecule has 0 radical (unpaired) electrons. The Balaban J connectivity index is 1.89. The number of benzene rings is 2. The van der Waals surface area contributed by atoms with E-state index in [0.29, 0.717) is 16.9 Å². The molecule has 1 amide bonds. The Labute approximate surface area is 133 Å². The van der Waals surface area contributed by atoms with Crippen molar-refractivity contribution in [2.75, 3.05) is 6.61 Å². The van der Waals surface area contributed by atoms with Gasteiger partial charge in [0.2, 0.25) is 0 Å². The van der Waals surface area contributed by atoms with E-state index < -0.39 is 5.91 Å². The van der Waals surface area contributed by atoms with Crippen LogP contribution in [-0.4, -0.2) is 23.8 Å². The number of phenols is 1. The molecule has 0 bridgehead atoms. The van der Waals surface area contributed by atoms with E-state index in [1.54, 1.807) is 42.5 Å². The maximum Gasteiger partial charge on any atom is 0.277 e. The standard InChI is InChI=1S/C17H15N3O3/c1-12-6-7-15(21)14(8-12)10-19-20-17(22)11-23-16-5-3-2-4-13(16)9-18/h2-8,10,21H,11H2,1H3,(H,20,22)/b19-10+. The van der Waals surface area contributed by atoms with Gasteiger partial charge in [-0.15, -0.1) is 0 Å². The van der Waals surface area contributed by atoms with Gasteiger partial charge in [0.1, 0.15) is 17.6 Å². The fraction of sp³-hybridized carbons (Fsp3) is 0.118. The highest BCUT2D eigenvalue weighted by Crippen LogP contribution is 2.16. The third-order valence-electron chi connectivity index (χ3n) is 2.94. The summed E-state index contributed by atoms with van der Waals surface area (Å²) in [6, 6.07) is 13.7. The summed E-state index contributed by atoms with van der Waals surface area (Å²) >= 11 is 0. The summed E-state index contributed by atoms with van der Waals surface area (Å²) in [4.78, 5) is 11.7. The van der Waals surface area contributed by atoms with Crippen LogP contribution in [0.3, 0.4) is 0 Å². The molecule has 2 rings (SSSR count). The zero-order valence-corrected chi connectivity index (χ0v) is 12.5. The molecule has 0 aliphatic rings. The minimum atomic E-state index is -0.471. The van der Waals surface area contributed by atoms with E-state index in [2.05, 4.69) is 10.5 Å². The number of amides is 1. The largest absolute Gasteiger partial charge is 0.507 e. The fourth-order valence-corrected chi connectivity index (χ4v) is 1.81. The van der Waals surface area contributed by atoms with E-state index in [9.17, 15) is 9.90 Å². The summed E-state index contributed by atoms with van der Waals surface area (Å²) in [5.74, 6) is -0.0561. The van der Waals surface area contributed by atoms with Crippen LogP contribution in [0.2, 0.25) is 0 Å². The first kappa shape index (κ1) is 16.0. The first-order valence-electron chi connectivity index (χ1n) is 6.83. The van der Waals surface area contributed by atoms with Crippen LogP contribution in [0.15, 0.2) is 47.6 Å². The third kappa shape index (κ3) is 4.58. The average Bonchev–Trinajstić information content (AvgIpc) is 2.56. The van der Waals surface area contributed by atoms with Crippen LogP contribution >= 0.6 is 0 Å². The van der Waals surface area contributed by atoms with Gasteiger partial charge in [0.05, 0.1) is 11.8 Å². The summed E-state index contributed by atoms with van der Waals surface area (Å²) in [6.45, 7) is 1.62. The Morgan fingerprint density at radius 2 is 2.17 bits per heavy atom. The van der Waals surface area contributed by atoms with Crippen molar-refractivity contribution in [2.24, 2.45) is 5.10 Å². The van der Waals surface area contributed by atoms with E-state index in [1.807, 2.05) is 13.0 Å². The highest BCUT2D eigenvalue weighted by molar-refractivity contribution is 5.85. The summed E-state index contributed by atoms with van der Waals surface area (Å²) < 4.78 is 5.28. The second-order valence-electron chi connectivity index (χ2n) is 4.75. The number of aryl methyl sites for hydroxylation is 1. The van der Waals surface area contributed by atoms with Gasteiger partial charge in [0, 0.05) is 5.56 Å². The smallest absolute Gasteiger partial charge is 0.277 e. The topological polar surface area (TPSA) is 94.7 Å². The molecule has 0 saturated carbocycles. The first-order valence-corrected chi connectivity index (χ1v) is 6.83. The molecule has 6 nitrogen and oxygen atoms in total.